The molecule has 0 spiro atoms. The van der Waals surface area contributed by atoms with Crippen LogP contribution in [0.5, 0.6) is 5.75 Å². The van der Waals surface area contributed by atoms with E-state index in [4.69, 9.17) is 4.74 Å². The maximum atomic E-state index is 6.03. The van der Waals surface area contributed by atoms with E-state index in [0.29, 0.717) is 12.1 Å². The molecule has 0 bridgehead atoms. The fraction of sp³-hybridized carbons (Fsp3) is 0.647. The van der Waals surface area contributed by atoms with E-state index in [9.17, 15) is 0 Å². The van der Waals surface area contributed by atoms with Gasteiger partial charge in [0.2, 0.25) is 0 Å². The second kappa shape index (κ2) is 5.54. The number of rotatable bonds is 3. The van der Waals surface area contributed by atoms with Crippen LogP contribution in [0.1, 0.15) is 43.7 Å². The van der Waals surface area contributed by atoms with Crippen LogP contribution in [0.25, 0.3) is 0 Å². The Morgan fingerprint density at radius 3 is 2.95 bits per heavy atom. The van der Waals surface area contributed by atoms with Gasteiger partial charge in [-0.25, -0.2) is 0 Å². The number of ether oxygens (including phenoxy) is 1. The number of nitrogens with one attached hydrogen (secondary N) is 1. The summed E-state index contributed by atoms with van der Waals surface area (Å²) in [6.45, 7) is 5.52. The van der Waals surface area contributed by atoms with E-state index in [1.165, 1.54) is 36.8 Å². The average molecular weight is 259 g/mol. The van der Waals surface area contributed by atoms with Crippen LogP contribution in [-0.4, -0.2) is 18.7 Å². The second-order valence-corrected chi connectivity index (χ2v) is 6.33. The quantitative estimate of drug-likeness (QED) is 0.897. The number of aryl methyl sites for hydroxylation is 1. The lowest BCUT2D eigenvalue weighted by atomic mass is 9.86. The third-order valence-corrected chi connectivity index (χ3v) is 4.68. The summed E-state index contributed by atoms with van der Waals surface area (Å²) in [5, 5.41) is 3.74. The summed E-state index contributed by atoms with van der Waals surface area (Å²) < 4.78 is 6.03. The van der Waals surface area contributed by atoms with Gasteiger partial charge in [-0.1, -0.05) is 37.5 Å². The van der Waals surface area contributed by atoms with E-state index >= 15 is 0 Å². The van der Waals surface area contributed by atoms with Gasteiger partial charge in [0, 0.05) is 19.0 Å². The molecule has 2 aliphatic rings. The van der Waals surface area contributed by atoms with Crippen LogP contribution in [0.4, 0.5) is 0 Å². The van der Waals surface area contributed by atoms with E-state index in [1.54, 1.807) is 0 Å². The largest absolute Gasteiger partial charge is 0.488 e. The fourth-order valence-electron chi connectivity index (χ4n) is 3.47. The van der Waals surface area contributed by atoms with E-state index in [0.717, 1.165) is 24.6 Å². The van der Waals surface area contributed by atoms with E-state index < -0.39 is 0 Å². The number of hydrogen-bond donors (Lipinski definition) is 1. The molecule has 0 saturated heterocycles. The standard InChI is InChI=1S/C17H25NO/c1-12-7-8-17-14(9-12)10-15(19-17)11-18-16-6-4-3-5-13(16)2/h7-9,13,15-16,18H,3-6,10-11H2,1-2H3. The zero-order chi connectivity index (χ0) is 13.2. The molecule has 2 heteroatoms. The van der Waals surface area contributed by atoms with Crippen molar-refractivity contribution in [3.8, 4) is 5.75 Å². The third-order valence-electron chi connectivity index (χ3n) is 4.68. The summed E-state index contributed by atoms with van der Waals surface area (Å²) in [7, 11) is 0. The SMILES string of the molecule is Cc1ccc2c(c1)CC(CNC1CCCCC1C)O2. The van der Waals surface area contributed by atoms with Crippen molar-refractivity contribution in [3.63, 3.8) is 0 Å². The molecular formula is C17H25NO. The predicted octanol–water partition coefficient (Wildman–Crippen LogP) is 3.47. The smallest absolute Gasteiger partial charge is 0.123 e. The van der Waals surface area contributed by atoms with Crippen molar-refractivity contribution in [3.05, 3.63) is 29.3 Å². The van der Waals surface area contributed by atoms with Gasteiger partial charge in [-0.15, -0.1) is 0 Å². The third kappa shape index (κ3) is 2.94. The highest BCUT2D eigenvalue weighted by Gasteiger charge is 2.26. The van der Waals surface area contributed by atoms with E-state index in [1.807, 2.05) is 0 Å². The van der Waals surface area contributed by atoms with Gasteiger partial charge in [0.05, 0.1) is 0 Å². The molecule has 0 radical (unpaired) electrons. The molecular weight excluding hydrogens is 234 g/mol. The minimum Gasteiger partial charge on any atom is -0.488 e. The Hall–Kier alpha value is -1.02. The molecule has 1 heterocycles. The maximum Gasteiger partial charge on any atom is 0.123 e. The fourth-order valence-corrected chi connectivity index (χ4v) is 3.47. The Kier molecular flexibility index (Phi) is 3.79. The molecule has 19 heavy (non-hydrogen) atoms. The van der Waals surface area contributed by atoms with Crippen molar-refractivity contribution in [1.82, 2.24) is 5.32 Å². The van der Waals surface area contributed by atoms with Crippen molar-refractivity contribution in [1.29, 1.82) is 0 Å². The highest BCUT2D eigenvalue weighted by atomic mass is 16.5. The Labute approximate surface area is 116 Å². The van der Waals surface area contributed by atoms with Gasteiger partial charge in [0.1, 0.15) is 11.9 Å². The Bertz CT molecular complexity index is 443. The van der Waals surface area contributed by atoms with Gasteiger partial charge in [-0.2, -0.15) is 0 Å². The molecule has 1 saturated carbocycles. The number of hydrogen-bond acceptors (Lipinski definition) is 2. The van der Waals surface area contributed by atoms with Crippen molar-refractivity contribution < 1.29 is 4.74 Å². The van der Waals surface area contributed by atoms with Crippen molar-refractivity contribution in [2.75, 3.05) is 6.54 Å². The van der Waals surface area contributed by atoms with Crippen LogP contribution in [0.3, 0.4) is 0 Å². The highest BCUT2D eigenvalue weighted by molar-refractivity contribution is 5.40. The lowest BCUT2D eigenvalue weighted by Crippen LogP contribution is -2.42. The maximum absolute atomic E-state index is 6.03. The summed E-state index contributed by atoms with van der Waals surface area (Å²) >= 11 is 0. The van der Waals surface area contributed by atoms with Gasteiger partial charge < -0.3 is 10.1 Å². The summed E-state index contributed by atoms with van der Waals surface area (Å²) in [6.07, 6.45) is 6.89. The molecule has 1 aromatic carbocycles. The van der Waals surface area contributed by atoms with Crippen LogP contribution >= 0.6 is 0 Å². The molecule has 1 aromatic rings. The first-order valence-electron chi connectivity index (χ1n) is 7.72. The van der Waals surface area contributed by atoms with Gasteiger partial charge >= 0.3 is 0 Å². The minimum absolute atomic E-state index is 0.325. The predicted molar refractivity (Wildman–Crippen MR) is 78.7 cm³/mol. The zero-order valence-corrected chi connectivity index (χ0v) is 12.1. The van der Waals surface area contributed by atoms with Gasteiger partial charge in [-0.3, -0.25) is 0 Å². The molecule has 104 valence electrons. The van der Waals surface area contributed by atoms with Gasteiger partial charge in [0.15, 0.2) is 0 Å². The normalized spacial score (nSPS) is 29.9. The van der Waals surface area contributed by atoms with E-state index in [-0.39, 0.29) is 0 Å². The van der Waals surface area contributed by atoms with Crippen molar-refractivity contribution in [2.24, 2.45) is 5.92 Å². The topological polar surface area (TPSA) is 21.3 Å². The Balaban J connectivity index is 1.53. The Morgan fingerprint density at radius 1 is 1.26 bits per heavy atom. The summed E-state index contributed by atoms with van der Waals surface area (Å²) in [4.78, 5) is 0. The van der Waals surface area contributed by atoms with Gasteiger partial charge in [-0.05, 0) is 37.3 Å². The first-order valence-corrected chi connectivity index (χ1v) is 7.72. The number of benzene rings is 1. The average Bonchev–Trinajstić information content (AvgIpc) is 2.79. The van der Waals surface area contributed by atoms with Crippen LogP contribution in [0.2, 0.25) is 0 Å². The first kappa shape index (κ1) is 13.0. The zero-order valence-electron chi connectivity index (χ0n) is 12.1. The minimum atomic E-state index is 0.325. The first-order chi connectivity index (χ1) is 9.22. The monoisotopic (exact) mass is 259 g/mol. The molecule has 3 rings (SSSR count). The van der Waals surface area contributed by atoms with Crippen LogP contribution in [-0.2, 0) is 6.42 Å². The van der Waals surface area contributed by atoms with Crippen LogP contribution in [0.15, 0.2) is 18.2 Å². The molecule has 2 nitrogen and oxygen atoms in total. The Morgan fingerprint density at radius 2 is 2.11 bits per heavy atom. The second-order valence-electron chi connectivity index (χ2n) is 6.33. The number of fused-ring (bicyclic) bond motifs is 1. The van der Waals surface area contributed by atoms with Gasteiger partial charge in [0.25, 0.3) is 0 Å². The van der Waals surface area contributed by atoms with E-state index in [2.05, 4.69) is 37.4 Å². The van der Waals surface area contributed by atoms with Crippen LogP contribution < -0.4 is 10.1 Å². The molecule has 1 aliphatic carbocycles. The molecule has 1 aliphatic heterocycles. The van der Waals surface area contributed by atoms with Crippen molar-refractivity contribution in [2.45, 2.75) is 58.1 Å². The molecule has 3 unspecified atom stereocenters. The van der Waals surface area contributed by atoms with Crippen LogP contribution in [0, 0.1) is 12.8 Å². The summed E-state index contributed by atoms with van der Waals surface area (Å²) in [5.41, 5.74) is 2.71. The molecule has 3 atom stereocenters. The van der Waals surface area contributed by atoms with Crippen molar-refractivity contribution >= 4 is 0 Å². The molecule has 0 aromatic heterocycles. The molecule has 1 N–H and O–H groups in total. The summed E-state index contributed by atoms with van der Waals surface area (Å²) in [6, 6.07) is 7.22. The molecule has 1 fully saturated rings. The highest BCUT2D eigenvalue weighted by Crippen LogP contribution is 2.30. The summed E-state index contributed by atoms with van der Waals surface area (Å²) in [5.74, 6) is 1.91. The lowest BCUT2D eigenvalue weighted by Gasteiger charge is -2.30. The molecule has 0 amide bonds. The lowest BCUT2D eigenvalue weighted by molar-refractivity contribution is 0.199.